The molecule has 0 radical (unpaired) electrons. The molecule has 1 aromatic carbocycles. The summed E-state index contributed by atoms with van der Waals surface area (Å²) in [6.07, 6.45) is 0.642. The Morgan fingerprint density at radius 2 is 1.90 bits per heavy atom. The van der Waals surface area contributed by atoms with Crippen LogP contribution in [0.4, 0.5) is 0 Å². The SMILES string of the molecule is CC(C)N(C(=O)c1ccccc1)C1CCC(=O)NC1=O. The van der Waals surface area contributed by atoms with Gasteiger partial charge in [-0.25, -0.2) is 0 Å². The van der Waals surface area contributed by atoms with Crippen LogP contribution >= 0.6 is 0 Å². The average Bonchev–Trinajstić information content (AvgIpc) is 2.42. The molecule has 1 aromatic rings. The van der Waals surface area contributed by atoms with Crippen molar-refractivity contribution >= 4 is 17.7 Å². The van der Waals surface area contributed by atoms with Gasteiger partial charge in [0.25, 0.3) is 5.91 Å². The van der Waals surface area contributed by atoms with Crippen molar-refractivity contribution in [2.45, 2.75) is 38.8 Å². The number of hydrogen-bond acceptors (Lipinski definition) is 3. The molecule has 1 fully saturated rings. The zero-order chi connectivity index (χ0) is 14.7. The Kier molecular flexibility index (Phi) is 4.17. The molecule has 1 N–H and O–H groups in total. The molecular formula is C15H18N2O3. The van der Waals surface area contributed by atoms with Crippen molar-refractivity contribution in [3.05, 3.63) is 35.9 Å². The first-order valence-electron chi connectivity index (χ1n) is 6.72. The lowest BCUT2D eigenvalue weighted by atomic mass is 10.0. The summed E-state index contributed by atoms with van der Waals surface area (Å²) in [5.41, 5.74) is 0.547. The molecule has 0 spiro atoms. The van der Waals surface area contributed by atoms with Crippen LogP contribution in [0.25, 0.3) is 0 Å². The van der Waals surface area contributed by atoms with Crippen molar-refractivity contribution < 1.29 is 14.4 Å². The fourth-order valence-corrected chi connectivity index (χ4v) is 2.41. The minimum absolute atomic E-state index is 0.119. The second kappa shape index (κ2) is 5.86. The molecule has 1 atom stereocenters. The molecule has 0 saturated carbocycles. The van der Waals surface area contributed by atoms with E-state index in [4.69, 9.17) is 0 Å². The van der Waals surface area contributed by atoms with E-state index in [9.17, 15) is 14.4 Å². The Hall–Kier alpha value is -2.17. The zero-order valence-electron chi connectivity index (χ0n) is 11.6. The minimum Gasteiger partial charge on any atom is -0.324 e. The number of nitrogens with zero attached hydrogens (tertiary/aromatic N) is 1. The van der Waals surface area contributed by atoms with E-state index >= 15 is 0 Å². The highest BCUT2D eigenvalue weighted by molar-refractivity contribution is 6.03. The molecular weight excluding hydrogens is 256 g/mol. The van der Waals surface area contributed by atoms with Gasteiger partial charge in [0.2, 0.25) is 11.8 Å². The summed E-state index contributed by atoms with van der Waals surface area (Å²) >= 11 is 0. The molecule has 0 aliphatic carbocycles. The molecule has 1 aliphatic rings. The molecule has 3 amide bonds. The van der Waals surface area contributed by atoms with Gasteiger partial charge in [-0.05, 0) is 32.4 Å². The molecule has 0 aromatic heterocycles. The third-order valence-electron chi connectivity index (χ3n) is 3.36. The molecule has 1 aliphatic heterocycles. The Labute approximate surface area is 118 Å². The number of piperidine rings is 1. The van der Waals surface area contributed by atoms with Gasteiger partial charge in [-0.3, -0.25) is 19.7 Å². The second-order valence-corrected chi connectivity index (χ2v) is 5.14. The maximum atomic E-state index is 12.6. The van der Waals surface area contributed by atoms with Crippen molar-refractivity contribution in [3.63, 3.8) is 0 Å². The van der Waals surface area contributed by atoms with Crippen LogP contribution in [0.5, 0.6) is 0 Å². The van der Waals surface area contributed by atoms with Crippen LogP contribution in [0.3, 0.4) is 0 Å². The van der Waals surface area contributed by atoms with Crippen molar-refractivity contribution in [2.75, 3.05) is 0 Å². The summed E-state index contributed by atoms with van der Waals surface area (Å²) in [6.45, 7) is 3.73. The van der Waals surface area contributed by atoms with E-state index in [-0.39, 0.29) is 30.2 Å². The third-order valence-corrected chi connectivity index (χ3v) is 3.36. The summed E-state index contributed by atoms with van der Waals surface area (Å²) in [4.78, 5) is 37.3. The van der Waals surface area contributed by atoms with Gasteiger partial charge in [-0.1, -0.05) is 18.2 Å². The van der Waals surface area contributed by atoms with E-state index < -0.39 is 6.04 Å². The normalized spacial score (nSPS) is 18.9. The minimum atomic E-state index is -0.583. The Morgan fingerprint density at radius 1 is 1.25 bits per heavy atom. The van der Waals surface area contributed by atoms with Crippen LogP contribution in [0.15, 0.2) is 30.3 Å². The molecule has 1 heterocycles. The summed E-state index contributed by atoms with van der Waals surface area (Å²) in [6, 6.07) is 8.16. The van der Waals surface area contributed by atoms with Gasteiger partial charge < -0.3 is 4.90 Å². The molecule has 106 valence electrons. The van der Waals surface area contributed by atoms with E-state index in [1.165, 1.54) is 0 Å². The number of imide groups is 1. The highest BCUT2D eigenvalue weighted by Crippen LogP contribution is 2.18. The van der Waals surface area contributed by atoms with Gasteiger partial charge in [-0.2, -0.15) is 0 Å². The van der Waals surface area contributed by atoms with Crippen LogP contribution in [-0.2, 0) is 9.59 Å². The average molecular weight is 274 g/mol. The van der Waals surface area contributed by atoms with Gasteiger partial charge in [0.05, 0.1) is 0 Å². The predicted molar refractivity (Wildman–Crippen MR) is 73.9 cm³/mol. The van der Waals surface area contributed by atoms with Gasteiger partial charge in [0.15, 0.2) is 0 Å². The first-order chi connectivity index (χ1) is 9.50. The molecule has 5 heteroatoms. The quantitative estimate of drug-likeness (QED) is 0.846. The number of nitrogens with one attached hydrogen (secondary N) is 1. The maximum Gasteiger partial charge on any atom is 0.254 e. The van der Waals surface area contributed by atoms with Crippen molar-refractivity contribution in [3.8, 4) is 0 Å². The number of carbonyl (C=O) groups excluding carboxylic acids is 3. The third kappa shape index (κ3) is 2.87. The van der Waals surface area contributed by atoms with Gasteiger partial charge in [-0.15, -0.1) is 0 Å². The standard InChI is InChI=1S/C15H18N2O3/c1-10(2)17(12-8-9-13(18)16-14(12)19)15(20)11-6-4-3-5-7-11/h3-7,10,12H,8-9H2,1-2H3,(H,16,18,19). The van der Waals surface area contributed by atoms with Crippen LogP contribution in [0.1, 0.15) is 37.0 Å². The number of benzene rings is 1. The second-order valence-electron chi connectivity index (χ2n) is 5.14. The van der Waals surface area contributed by atoms with Gasteiger partial charge >= 0.3 is 0 Å². The van der Waals surface area contributed by atoms with Crippen LogP contribution < -0.4 is 5.32 Å². The molecule has 0 bridgehead atoms. The molecule has 1 saturated heterocycles. The number of amides is 3. The first-order valence-corrected chi connectivity index (χ1v) is 6.72. The van der Waals surface area contributed by atoms with Gasteiger partial charge in [0.1, 0.15) is 6.04 Å². The monoisotopic (exact) mass is 274 g/mol. The van der Waals surface area contributed by atoms with Crippen LogP contribution in [0, 0.1) is 0 Å². The van der Waals surface area contributed by atoms with Crippen molar-refractivity contribution in [2.24, 2.45) is 0 Å². The zero-order valence-corrected chi connectivity index (χ0v) is 11.6. The van der Waals surface area contributed by atoms with Crippen molar-refractivity contribution in [1.82, 2.24) is 10.2 Å². The Balaban J connectivity index is 2.26. The Morgan fingerprint density at radius 3 is 2.45 bits per heavy atom. The lowest BCUT2D eigenvalue weighted by Gasteiger charge is -2.35. The molecule has 1 unspecified atom stereocenters. The number of rotatable bonds is 3. The number of carbonyl (C=O) groups is 3. The lowest BCUT2D eigenvalue weighted by molar-refractivity contribution is -0.137. The smallest absolute Gasteiger partial charge is 0.254 e. The summed E-state index contributed by atoms with van der Waals surface area (Å²) in [5.74, 6) is -0.851. The predicted octanol–water partition coefficient (Wildman–Crippen LogP) is 1.34. The Bertz CT molecular complexity index is 525. The van der Waals surface area contributed by atoms with E-state index in [2.05, 4.69) is 5.32 Å². The summed E-state index contributed by atoms with van der Waals surface area (Å²) < 4.78 is 0. The van der Waals surface area contributed by atoms with Gasteiger partial charge in [0, 0.05) is 18.0 Å². The maximum absolute atomic E-state index is 12.6. The largest absolute Gasteiger partial charge is 0.324 e. The van der Waals surface area contributed by atoms with Crippen molar-refractivity contribution in [1.29, 1.82) is 0 Å². The van der Waals surface area contributed by atoms with E-state index in [1.54, 1.807) is 29.2 Å². The summed E-state index contributed by atoms with van der Waals surface area (Å²) in [5, 5.41) is 2.30. The fraction of sp³-hybridized carbons (Fsp3) is 0.400. The molecule has 2 rings (SSSR count). The van der Waals surface area contributed by atoms with Crippen LogP contribution in [0.2, 0.25) is 0 Å². The fourth-order valence-electron chi connectivity index (χ4n) is 2.41. The molecule has 5 nitrogen and oxygen atoms in total. The number of hydrogen-bond donors (Lipinski definition) is 1. The van der Waals surface area contributed by atoms with E-state index in [0.29, 0.717) is 12.0 Å². The van der Waals surface area contributed by atoms with E-state index in [1.807, 2.05) is 19.9 Å². The summed E-state index contributed by atoms with van der Waals surface area (Å²) in [7, 11) is 0. The lowest BCUT2D eigenvalue weighted by Crippen LogP contribution is -2.56. The topological polar surface area (TPSA) is 66.5 Å². The molecule has 20 heavy (non-hydrogen) atoms. The highest BCUT2D eigenvalue weighted by atomic mass is 16.2. The first kappa shape index (κ1) is 14.2. The highest BCUT2D eigenvalue weighted by Gasteiger charge is 2.36. The van der Waals surface area contributed by atoms with Crippen LogP contribution in [-0.4, -0.2) is 34.7 Å². The van der Waals surface area contributed by atoms with E-state index in [0.717, 1.165) is 0 Å².